The van der Waals surface area contributed by atoms with Gasteiger partial charge in [0.1, 0.15) is 10.9 Å². The van der Waals surface area contributed by atoms with E-state index in [1.165, 1.54) is 7.05 Å². The predicted octanol–water partition coefficient (Wildman–Crippen LogP) is 4.50. The summed E-state index contributed by atoms with van der Waals surface area (Å²) in [6, 6.07) is 7.54. The molecule has 33 heavy (non-hydrogen) atoms. The molecule has 176 valence electrons. The topological polar surface area (TPSA) is 80.6 Å². The van der Waals surface area contributed by atoms with Gasteiger partial charge in [-0.1, -0.05) is 47.0 Å². The first kappa shape index (κ1) is 25.5. The molecule has 0 spiro atoms. The van der Waals surface area contributed by atoms with Crippen LogP contribution in [0.4, 0.5) is 24.5 Å². The van der Waals surface area contributed by atoms with Crippen LogP contribution in [0.1, 0.15) is 16.9 Å². The second-order valence-electron chi connectivity index (χ2n) is 7.06. The van der Waals surface area contributed by atoms with Gasteiger partial charge in [-0.25, -0.2) is 23.1 Å². The summed E-state index contributed by atoms with van der Waals surface area (Å²) in [6.07, 6.45) is -2.44. The summed E-state index contributed by atoms with van der Waals surface area (Å²) in [5.41, 5.74) is -1.25. The molecule has 2 aromatic rings. The Hall–Kier alpha value is -2.11. The van der Waals surface area contributed by atoms with Crippen molar-refractivity contribution in [3.05, 3.63) is 75.0 Å². The van der Waals surface area contributed by atoms with E-state index in [2.05, 4.69) is 9.71 Å². The quantitative estimate of drug-likeness (QED) is 0.584. The van der Waals surface area contributed by atoms with Gasteiger partial charge in [0.05, 0.1) is 23.3 Å². The van der Waals surface area contributed by atoms with Crippen molar-refractivity contribution in [2.24, 2.45) is 0 Å². The number of carbonyl (C=O) groups is 1. The Morgan fingerprint density at radius 2 is 1.79 bits per heavy atom. The summed E-state index contributed by atoms with van der Waals surface area (Å²) in [6.45, 7) is 0. The van der Waals surface area contributed by atoms with E-state index >= 15 is 0 Å². The number of anilines is 1. The first-order valence-corrected chi connectivity index (χ1v) is 11.9. The SMILES string of the molecule is C[NH+](C(=O)c1ncc(Cl)cc1NS(=O)(=O)C1C=C(C(F)(F)F)C(Cl)=CC1)c1ccc(Cl)cc1. The molecule has 1 heterocycles. The molecule has 1 aromatic carbocycles. The van der Waals surface area contributed by atoms with Crippen molar-refractivity contribution in [3.8, 4) is 0 Å². The van der Waals surface area contributed by atoms with Crippen molar-refractivity contribution >= 4 is 62.1 Å². The van der Waals surface area contributed by atoms with Gasteiger partial charge in [0.2, 0.25) is 10.0 Å². The Kier molecular flexibility index (Phi) is 7.45. The smallest absolute Gasteiger partial charge is 0.280 e. The average Bonchev–Trinajstić information content (AvgIpc) is 2.72. The number of carbonyl (C=O) groups excluding carboxylic acids is 1. The molecule has 0 radical (unpaired) electrons. The number of benzene rings is 1. The molecule has 1 aliphatic carbocycles. The molecule has 0 bridgehead atoms. The fourth-order valence-corrected chi connectivity index (χ4v) is 4.87. The second kappa shape index (κ2) is 9.63. The first-order chi connectivity index (χ1) is 15.3. The summed E-state index contributed by atoms with van der Waals surface area (Å²) in [5, 5.41) is -1.68. The zero-order chi connectivity index (χ0) is 24.6. The van der Waals surface area contributed by atoms with E-state index < -0.39 is 38.0 Å². The van der Waals surface area contributed by atoms with Crippen LogP contribution in [0.2, 0.25) is 10.0 Å². The Balaban J connectivity index is 1.94. The number of halogens is 6. The number of nitrogens with zero attached hydrogens (tertiary/aromatic N) is 1. The number of rotatable bonds is 5. The maximum atomic E-state index is 13.2. The van der Waals surface area contributed by atoms with Crippen LogP contribution in [0.3, 0.4) is 0 Å². The number of hydrogen-bond acceptors (Lipinski definition) is 4. The molecule has 3 rings (SSSR count). The van der Waals surface area contributed by atoms with E-state index in [-0.39, 0.29) is 27.7 Å². The maximum Gasteiger partial charge on any atom is 0.417 e. The Bertz CT molecular complexity index is 1250. The third kappa shape index (κ3) is 5.88. The van der Waals surface area contributed by atoms with Crippen molar-refractivity contribution in [3.63, 3.8) is 0 Å². The van der Waals surface area contributed by atoms with Crippen LogP contribution >= 0.6 is 34.8 Å². The summed E-state index contributed by atoms with van der Waals surface area (Å²) < 4.78 is 67.5. The standard InChI is InChI=1S/C20H15Cl3F3N3O3S/c1-29(13-4-2-11(21)3-5-13)19(30)18-17(8-12(22)10-27-18)28-33(31,32)14-6-7-16(23)15(9-14)20(24,25)26/h2-5,7-10,14,28H,6H2,1H3/p+1. The van der Waals surface area contributed by atoms with E-state index in [0.29, 0.717) is 16.8 Å². The zero-order valence-electron chi connectivity index (χ0n) is 16.8. The lowest BCUT2D eigenvalue weighted by Crippen LogP contribution is -3.07. The Morgan fingerprint density at radius 1 is 1.15 bits per heavy atom. The lowest BCUT2D eigenvalue weighted by atomic mass is 10.1. The van der Waals surface area contributed by atoms with Crippen molar-refractivity contribution < 1.29 is 31.3 Å². The normalized spacial score (nSPS) is 17.7. The molecule has 2 N–H and O–H groups in total. The van der Waals surface area contributed by atoms with Crippen LogP contribution in [-0.2, 0) is 10.0 Å². The summed E-state index contributed by atoms with van der Waals surface area (Å²) in [5.74, 6) is -0.607. The van der Waals surface area contributed by atoms with Crippen molar-refractivity contribution in [1.29, 1.82) is 0 Å². The number of allylic oxidation sites excluding steroid dienone is 3. The zero-order valence-corrected chi connectivity index (χ0v) is 19.8. The molecule has 1 aliphatic rings. The summed E-state index contributed by atoms with van der Waals surface area (Å²) >= 11 is 17.4. The number of aromatic nitrogens is 1. The number of sulfonamides is 1. The molecule has 1 amide bonds. The van der Waals surface area contributed by atoms with Crippen LogP contribution in [-0.4, -0.2) is 37.8 Å². The van der Waals surface area contributed by atoms with Gasteiger partial charge < -0.3 is 0 Å². The summed E-state index contributed by atoms with van der Waals surface area (Å²) in [4.78, 5) is 17.3. The van der Waals surface area contributed by atoms with Crippen LogP contribution in [0.5, 0.6) is 0 Å². The van der Waals surface area contributed by atoms with E-state index in [0.717, 1.165) is 18.3 Å². The van der Waals surface area contributed by atoms with Gasteiger partial charge in [0.15, 0.2) is 5.69 Å². The molecular weight excluding hydrogens is 526 g/mol. The molecule has 0 fully saturated rings. The number of amides is 1. The average molecular weight is 542 g/mol. The van der Waals surface area contributed by atoms with E-state index in [1.807, 2.05) is 0 Å². The van der Waals surface area contributed by atoms with Crippen molar-refractivity contribution in [2.45, 2.75) is 17.8 Å². The van der Waals surface area contributed by atoms with Crippen LogP contribution in [0.25, 0.3) is 0 Å². The monoisotopic (exact) mass is 540 g/mol. The third-order valence-electron chi connectivity index (χ3n) is 4.78. The molecular formula is C20H16Cl3F3N3O3S+. The number of alkyl halides is 3. The second-order valence-corrected chi connectivity index (χ2v) is 10.2. The van der Waals surface area contributed by atoms with Gasteiger partial charge in [-0.05, 0) is 24.6 Å². The van der Waals surface area contributed by atoms with Gasteiger partial charge in [-0.3, -0.25) is 4.72 Å². The van der Waals surface area contributed by atoms with Crippen molar-refractivity contribution in [1.82, 2.24) is 4.98 Å². The highest BCUT2D eigenvalue weighted by atomic mass is 35.5. The maximum absolute atomic E-state index is 13.2. The fraction of sp³-hybridized carbons (Fsp3) is 0.200. The number of nitrogens with one attached hydrogen (secondary N) is 2. The highest BCUT2D eigenvalue weighted by Gasteiger charge is 2.40. The Labute approximate surface area is 202 Å². The Morgan fingerprint density at radius 3 is 2.39 bits per heavy atom. The minimum Gasteiger partial charge on any atom is -0.280 e. The third-order valence-corrected chi connectivity index (χ3v) is 7.23. The van der Waals surface area contributed by atoms with E-state index in [4.69, 9.17) is 34.8 Å². The van der Waals surface area contributed by atoms with Gasteiger partial charge >= 0.3 is 12.1 Å². The highest BCUT2D eigenvalue weighted by molar-refractivity contribution is 7.93. The summed E-state index contributed by atoms with van der Waals surface area (Å²) in [7, 11) is -2.91. The molecule has 0 saturated heterocycles. The number of quaternary nitrogens is 1. The van der Waals surface area contributed by atoms with Gasteiger partial charge in [0.25, 0.3) is 0 Å². The van der Waals surface area contributed by atoms with E-state index in [1.54, 1.807) is 24.3 Å². The molecule has 13 heteroatoms. The first-order valence-electron chi connectivity index (χ1n) is 9.26. The lowest BCUT2D eigenvalue weighted by Gasteiger charge is -2.22. The van der Waals surface area contributed by atoms with Crippen LogP contribution < -0.4 is 9.62 Å². The van der Waals surface area contributed by atoms with Crippen molar-refractivity contribution in [2.75, 3.05) is 11.8 Å². The molecule has 0 aliphatic heterocycles. The number of hydrogen-bond donors (Lipinski definition) is 2. The lowest BCUT2D eigenvalue weighted by molar-refractivity contribution is -0.716. The van der Waals surface area contributed by atoms with Gasteiger partial charge in [-0.2, -0.15) is 13.2 Å². The van der Waals surface area contributed by atoms with Crippen LogP contribution in [0.15, 0.2) is 59.3 Å². The fourth-order valence-electron chi connectivity index (χ4n) is 3.04. The number of pyridine rings is 1. The minimum atomic E-state index is -4.83. The highest BCUT2D eigenvalue weighted by Crippen LogP contribution is 2.37. The van der Waals surface area contributed by atoms with Crippen LogP contribution in [0, 0.1) is 0 Å². The predicted molar refractivity (Wildman–Crippen MR) is 121 cm³/mol. The minimum absolute atomic E-state index is 0.0199. The molecule has 0 saturated carbocycles. The molecule has 1 aromatic heterocycles. The van der Waals surface area contributed by atoms with Gasteiger partial charge in [0, 0.05) is 28.4 Å². The molecule has 6 nitrogen and oxygen atoms in total. The van der Waals surface area contributed by atoms with E-state index in [9.17, 15) is 26.4 Å². The largest absolute Gasteiger partial charge is 0.417 e. The molecule has 2 atom stereocenters. The van der Waals surface area contributed by atoms with Gasteiger partial charge in [-0.15, -0.1) is 0 Å². The molecule has 2 unspecified atom stereocenters.